The van der Waals surface area contributed by atoms with Crippen molar-refractivity contribution in [3.63, 3.8) is 0 Å². The summed E-state index contributed by atoms with van der Waals surface area (Å²) in [5.41, 5.74) is 2.17. The molecule has 0 N–H and O–H groups in total. The molecule has 1 saturated heterocycles. The number of rotatable bonds is 4. The minimum absolute atomic E-state index is 0.0282. The van der Waals surface area contributed by atoms with Crippen LogP contribution in [0.15, 0.2) is 40.3 Å². The zero-order valence-corrected chi connectivity index (χ0v) is 19.2. The second-order valence-corrected chi connectivity index (χ2v) is 10.5. The summed E-state index contributed by atoms with van der Waals surface area (Å²) in [4.78, 5) is 10.5. The molecule has 1 aromatic carbocycles. The Morgan fingerprint density at radius 1 is 1.10 bits per heavy atom. The maximum absolute atomic E-state index is 6.12. The first-order valence-electron chi connectivity index (χ1n) is 9.89. The van der Waals surface area contributed by atoms with Gasteiger partial charge in [-0.15, -0.1) is 0 Å². The third kappa shape index (κ3) is 4.91. The van der Waals surface area contributed by atoms with E-state index >= 15 is 0 Å². The van der Waals surface area contributed by atoms with Gasteiger partial charge in [0, 0.05) is 35.1 Å². The van der Waals surface area contributed by atoms with Crippen molar-refractivity contribution in [1.29, 1.82) is 0 Å². The molecule has 0 unspecified atom stereocenters. The van der Waals surface area contributed by atoms with Gasteiger partial charge in [0.25, 0.3) is 0 Å². The van der Waals surface area contributed by atoms with E-state index in [4.69, 9.17) is 32.9 Å². The minimum atomic E-state index is -0.0282. The first-order valence-corrected chi connectivity index (χ1v) is 11.5. The summed E-state index contributed by atoms with van der Waals surface area (Å²) in [5, 5.41) is 1.76. The van der Waals surface area contributed by atoms with Crippen LogP contribution in [0.5, 0.6) is 0 Å². The average Bonchev–Trinajstić information content (AvgIpc) is 3.00. The van der Waals surface area contributed by atoms with Crippen LogP contribution in [0.1, 0.15) is 39.4 Å². The molecule has 3 aromatic rings. The Balaban J connectivity index is 1.69. The van der Waals surface area contributed by atoms with Gasteiger partial charge in [-0.25, -0.2) is 9.97 Å². The van der Waals surface area contributed by atoms with Crippen molar-refractivity contribution in [3.8, 4) is 0 Å². The van der Waals surface area contributed by atoms with Crippen molar-refractivity contribution in [3.05, 3.63) is 46.3 Å². The van der Waals surface area contributed by atoms with Gasteiger partial charge in [0.05, 0.1) is 11.0 Å². The van der Waals surface area contributed by atoms with Crippen LogP contribution in [0.25, 0.3) is 11.0 Å². The van der Waals surface area contributed by atoms with Crippen LogP contribution in [0, 0.1) is 5.92 Å². The van der Waals surface area contributed by atoms with Gasteiger partial charge in [-0.3, -0.25) is 0 Å². The summed E-state index contributed by atoms with van der Waals surface area (Å²) in [6, 6.07) is 9.90. The van der Waals surface area contributed by atoms with Crippen LogP contribution in [-0.4, -0.2) is 27.7 Å². The number of imidazole rings is 1. The van der Waals surface area contributed by atoms with Crippen molar-refractivity contribution in [2.45, 2.75) is 55.5 Å². The lowest BCUT2D eigenvalue weighted by atomic mass is 9.94. The highest BCUT2D eigenvalue weighted by Gasteiger charge is 2.25. The number of nitrogens with zero attached hydrogens (tertiary/aromatic N) is 3. The molecule has 3 heterocycles. The second-order valence-electron chi connectivity index (χ2n) is 8.55. The number of ether oxygens (including phenoxy) is 1. The van der Waals surface area contributed by atoms with Gasteiger partial charge in [-0.2, -0.15) is 0 Å². The smallest absolute Gasteiger partial charge is 0.131 e. The molecule has 2 aromatic heterocycles. The van der Waals surface area contributed by atoms with E-state index in [1.807, 2.05) is 6.07 Å². The molecule has 29 heavy (non-hydrogen) atoms. The highest BCUT2D eigenvalue weighted by Crippen LogP contribution is 2.34. The molecule has 1 aliphatic heterocycles. The fourth-order valence-corrected chi connectivity index (χ4v) is 5.20. The SMILES string of the molecule is CC(C)(C)c1nc2cc(Sc3cc(Cl)cc(Cl)n3)ccc2n1CC1CCOCC1. The van der Waals surface area contributed by atoms with Crippen LogP contribution in [0.2, 0.25) is 10.2 Å². The molecule has 7 heteroatoms. The summed E-state index contributed by atoms with van der Waals surface area (Å²) in [7, 11) is 0. The van der Waals surface area contributed by atoms with Gasteiger partial charge in [0.2, 0.25) is 0 Å². The van der Waals surface area contributed by atoms with Crippen LogP contribution >= 0.6 is 35.0 Å². The number of benzene rings is 1. The molecule has 1 fully saturated rings. The molecule has 0 spiro atoms. The number of halogens is 2. The molecule has 0 amide bonds. The van der Waals surface area contributed by atoms with E-state index in [1.165, 1.54) is 5.52 Å². The number of pyridine rings is 1. The number of aromatic nitrogens is 3. The van der Waals surface area contributed by atoms with E-state index in [0.717, 1.165) is 53.9 Å². The maximum Gasteiger partial charge on any atom is 0.131 e. The summed E-state index contributed by atoms with van der Waals surface area (Å²) in [6.45, 7) is 9.38. The van der Waals surface area contributed by atoms with Gasteiger partial charge >= 0.3 is 0 Å². The topological polar surface area (TPSA) is 39.9 Å². The number of fused-ring (bicyclic) bond motifs is 1. The van der Waals surface area contributed by atoms with E-state index in [0.29, 0.717) is 16.1 Å². The normalized spacial score (nSPS) is 15.9. The standard InChI is InChI=1S/C22H25Cl2N3OS/c1-22(2,3)21-25-17-12-16(29-20-11-15(23)10-19(24)26-20)4-5-18(17)27(21)13-14-6-8-28-9-7-14/h4-5,10-12,14H,6-9,13H2,1-3H3. The predicted octanol–water partition coefficient (Wildman–Crippen LogP) is 6.61. The third-order valence-corrected chi connectivity index (χ3v) is 6.45. The quantitative estimate of drug-likeness (QED) is 0.419. The summed E-state index contributed by atoms with van der Waals surface area (Å²) in [5.74, 6) is 1.76. The number of hydrogen-bond acceptors (Lipinski definition) is 4. The van der Waals surface area contributed by atoms with Crippen LogP contribution < -0.4 is 0 Å². The van der Waals surface area contributed by atoms with Crippen LogP contribution in [-0.2, 0) is 16.7 Å². The summed E-state index contributed by atoms with van der Waals surface area (Å²) in [6.07, 6.45) is 2.22. The molecule has 0 bridgehead atoms. The van der Waals surface area contributed by atoms with Crippen LogP contribution in [0.4, 0.5) is 0 Å². The molecule has 0 saturated carbocycles. The van der Waals surface area contributed by atoms with Crippen molar-refractivity contribution in [2.75, 3.05) is 13.2 Å². The fraction of sp³-hybridized carbons (Fsp3) is 0.455. The van der Waals surface area contributed by atoms with Gasteiger partial charge in [-0.1, -0.05) is 55.7 Å². The van der Waals surface area contributed by atoms with E-state index in [2.05, 4.69) is 48.5 Å². The molecular weight excluding hydrogens is 425 g/mol. The van der Waals surface area contributed by atoms with E-state index < -0.39 is 0 Å². The van der Waals surface area contributed by atoms with E-state index in [1.54, 1.807) is 17.8 Å². The molecule has 0 atom stereocenters. The zero-order valence-electron chi connectivity index (χ0n) is 16.9. The Labute approximate surface area is 186 Å². The molecular formula is C22H25Cl2N3OS. The van der Waals surface area contributed by atoms with Crippen molar-refractivity contribution < 1.29 is 4.74 Å². The van der Waals surface area contributed by atoms with E-state index in [-0.39, 0.29) is 5.41 Å². The van der Waals surface area contributed by atoms with Gasteiger partial charge in [0.1, 0.15) is 16.0 Å². The van der Waals surface area contributed by atoms with E-state index in [9.17, 15) is 0 Å². The monoisotopic (exact) mass is 449 g/mol. The first kappa shape index (κ1) is 21.0. The maximum atomic E-state index is 6.12. The molecule has 1 aliphatic rings. The Hall–Kier alpha value is -1.27. The second kappa shape index (κ2) is 8.46. The molecule has 0 aliphatic carbocycles. The van der Waals surface area contributed by atoms with Gasteiger partial charge in [0.15, 0.2) is 0 Å². The Kier molecular flexibility index (Phi) is 6.12. The molecule has 4 rings (SSSR count). The van der Waals surface area contributed by atoms with Crippen molar-refractivity contribution in [1.82, 2.24) is 14.5 Å². The molecule has 4 nitrogen and oxygen atoms in total. The Morgan fingerprint density at radius 3 is 2.55 bits per heavy atom. The minimum Gasteiger partial charge on any atom is -0.381 e. The van der Waals surface area contributed by atoms with Crippen molar-refractivity contribution in [2.24, 2.45) is 5.92 Å². The highest BCUT2D eigenvalue weighted by molar-refractivity contribution is 7.99. The average molecular weight is 450 g/mol. The van der Waals surface area contributed by atoms with Gasteiger partial charge in [-0.05, 0) is 49.1 Å². The highest BCUT2D eigenvalue weighted by atomic mass is 35.5. The molecule has 0 radical (unpaired) electrons. The predicted molar refractivity (Wildman–Crippen MR) is 120 cm³/mol. The van der Waals surface area contributed by atoms with Gasteiger partial charge < -0.3 is 9.30 Å². The first-order chi connectivity index (χ1) is 13.8. The molecule has 154 valence electrons. The fourth-order valence-electron chi connectivity index (χ4n) is 3.73. The zero-order chi connectivity index (χ0) is 20.6. The summed E-state index contributed by atoms with van der Waals surface area (Å²) < 4.78 is 7.95. The Morgan fingerprint density at radius 2 is 1.86 bits per heavy atom. The lowest BCUT2D eigenvalue weighted by Gasteiger charge is -2.26. The number of hydrogen-bond donors (Lipinski definition) is 0. The Bertz CT molecular complexity index is 1000. The van der Waals surface area contributed by atoms with Crippen molar-refractivity contribution >= 4 is 46.0 Å². The lowest BCUT2D eigenvalue weighted by Crippen LogP contribution is -2.25. The third-order valence-electron chi connectivity index (χ3n) is 5.13. The lowest BCUT2D eigenvalue weighted by molar-refractivity contribution is 0.0611. The van der Waals surface area contributed by atoms with Crippen LogP contribution in [0.3, 0.4) is 0 Å². The summed E-state index contributed by atoms with van der Waals surface area (Å²) >= 11 is 13.7. The largest absolute Gasteiger partial charge is 0.381 e.